The van der Waals surface area contributed by atoms with Crippen molar-refractivity contribution in [1.82, 2.24) is 0 Å². The largest absolute Gasteiger partial charge is 0.334 e. The van der Waals surface area contributed by atoms with E-state index < -0.39 is 0 Å². The van der Waals surface area contributed by atoms with E-state index in [1.54, 1.807) is 17.8 Å². The fraction of sp³-hybridized carbons (Fsp3) is 0.533. The van der Waals surface area contributed by atoms with Gasteiger partial charge >= 0.3 is 0 Å². The first-order chi connectivity index (χ1) is 9.56. The molecule has 20 heavy (non-hydrogen) atoms. The van der Waals surface area contributed by atoms with Gasteiger partial charge in [0.25, 0.3) is 0 Å². The molecule has 1 aliphatic carbocycles. The molecule has 1 fully saturated rings. The van der Waals surface area contributed by atoms with Crippen LogP contribution in [0.3, 0.4) is 0 Å². The Bertz CT molecular complexity index is 549. The quantitative estimate of drug-likeness (QED) is 0.760. The third-order valence-electron chi connectivity index (χ3n) is 4.06. The average Bonchev–Trinajstić information content (AvgIpc) is 2.75. The number of amidine groups is 1. The van der Waals surface area contributed by atoms with Gasteiger partial charge in [-0.3, -0.25) is 4.99 Å². The van der Waals surface area contributed by atoms with E-state index in [2.05, 4.69) is 28.2 Å². The van der Waals surface area contributed by atoms with Crippen molar-refractivity contribution >= 4 is 38.5 Å². The van der Waals surface area contributed by atoms with Crippen LogP contribution in [0, 0.1) is 11.7 Å². The Hall–Kier alpha value is -0.550. The van der Waals surface area contributed by atoms with Gasteiger partial charge in [0.2, 0.25) is 0 Å². The monoisotopic (exact) mass is 356 g/mol. The lowest BCUT2D eigenvalue weighted by Crippen LogP contribution is -2.33. The fourth-order valence-corrected chi connectivity index (χ4v) is 4.74. The Labute approximate surface area is 131 Å². The first kappa shape index (κ1) is 14.4. The third kappa shape index (κ3) is 3.03. The number of hydrogen-bond acceptors (Lipinski definition) is 3. The zero-order chi connectivity index (χ0) is 14.2. The number of nitrogens with zero attached hydrogens (tertiary/aromatic N) is 1. The molecular weight excluding hydrogens is 339 g/mol. The normalized spacial score (nSPS) is 29.6. The molecule has 2 nitrogen and oxygen atoms in total. The van der Waals surface area contributed by atoms with Gasteiger partial charge in [-0.05, 0) is 52.9 Å². The number of anilines is 1. The van der Waals surface area contributed by atoms with Gasteiger partial charge in [0.05, 0.1) is 11.2 Å². The number of hydrogen-bond donors (Lipinski definition) is 1. The number of rotatable bonds is 1. The summed E-state index contributed by atoms with van der Waals surface area (Å²) in [5.41, 5.74) is 1.01. The van der Waals surface area contributed by atoms with Crippen LogP contribution in [0.2, 0.25) is 0 Å². The molecule has 1 saturated carbocycles. The van der Waals surface area contributed by atoms with Crippen molar-refractivity contribution in [1.29, 1.82) is 0 Å². The summed E-state index contributed by atoms with van der Waals surface area (Å²) in [7, 11) is 0. The van der Waals surface area contributed by atoms with E-state index in [0.29, 0.717) is 0 Å². The minimum atomic E-state index is -0.235. The molecule has 1 aromatic rings. The number of benzene rings is 1. The maximum Gasteiger partial charge on any atom is 0.161 e. The van der Waals surface area contributed by atoms with Crippen LogP contribution in [0.15, 0.2) is 27.7 Å². The Balaban J connectivity index is 1.75. The van der Waals surface area contributed by atoms with Crippen molar-refractivity contribution in [2.24, 2.45) is 10.9 Å². The number of thioether (sulfide) groups is 1. The van der Waals surface area contributed by atoms with Gasteiger partial charge in [-0.2, -0.15) is 0 Å². The Kier molecular flexibility index (Phi) is 4.09. The van der Waals surface area contributed by atoms with Gasteiger partial charge in [0, 0.05) is 10.2 Å². The minimum absolute atomic E-state index is 0.136. The summed E-state index contributed by atoms with van der Waals surface area (Å²) in [6.45, 7) is 2.32. The highest BCUT2D eigenvalue weighted by atomic mass is 79.9. The van der Waals surface area contributed by atoms with Gasteiger partial charge in [-0.1, -0.05) is 31.5 Å². The van der Waals surface area contributed by atoms with Gasteiger partial charge in [-0.25, -0.2) is 4.39 Å². The first-order valence-corrected chi connectivity index (χ1v) is 8.79. The summed E-state index contributed by atoms with van der Waals surface area (Å²) in [4.78, 5) is 4.94. The van der Waals surface area contributed by atoms with E-state index in [9.17, 15) is 4.39 Å². The van der Waals surface area contributed by atoms with E-state index in [1.807, 2.05) is 0 Å². The van der Waals surface area contributed by atoms with Crippen molar-refractivity contribution < 1.29 is 4.39 Å². The predicted octanol–water partition coefficient (Wildman–Crippen LogP) is 5.05. The van der Waals surface area contributed by atoms with Crippen LogP contribution in [-0.4, -0.2) is 16.5 Å². The maximum absolute atomic E-state index is 13.1. The Morgan fingerprint density at radius 1 is 1.50 bits per heavy atom. The molecule has 2 unspecified atom stereocenters. The number of aliphatic imine (C=N–C) groups is 1. The van der Waals surface area contributed by atoms with Crippen LogP contribution in [0.25, 0.3) is 0 Å². The summed E-state index contributed by atoms with van der Waals surface area (Å²) in [6, 6.07) is 4.68. The molecule has 5 heteroatoms. The number of nitrogens with one attached hydrogen (secondary N) is 1. The lowest BCUT2D eigenvalue weighted by Gasteiger charge is -2.33. The van der Waals surface area contributed by atoms with Crippen LogP contribution < -0.4 is 5.32 Å². The van der Waals surface area contributed by atoms with E-state index in [0.717, 1.165) is 27.0 Å². The summed E-state index contributed by atoms with van der Waals surface area (Å²) in [5, 5.41) is 4.29. The zero-order valence-electron chi connectivity index (χ0n) is 11.5. The molecular formula is C15H18BrFN2S. The highest BCUT2D eigenvalue weighted by Crippen LogP contribution is 2.42. The smallest absolute Gasteiger partial charge is 0.161 e. The summed E-state index contributed by atoms with van der Waals surface area (Å²) >= 11 is 5.17. The molecule has 0 aromatic heterocycles. The first-order valence-electron chi connectivity index (χ1n) is 7.01. The fourth-order valence-electron chi connectivity index (χ4n) is 3.12. The van der Waals surface area contributed by atoms with Gasteiger partial charge in [0.1, 0.15) is 5.82 Å². The Morgan fingerprint density at radius 3 is 3.10 bits per heavy atom. The maximum atomic E-state index is 13.1. The van der Waals surface area contributed by atoms with E-state index in [1.165, 1.54) is 37.8 Å². The lowest BCUT2D eigenvalue weighted by molar-refractivity contribution is 0.266. The van der Waals surface area contributed by atoms with Crippen LogP contribution in [0.5, 0.6) is 0 Å². The molecule has 1 N–H and O–H groups in total. The molecule has 0 bridgehead atoms. The average molecular weight is 357 g/mol. The molecule has 3 rings (SSSR count). The predicted molar refractivity (Wildman–Crippen MR) is 88.0 cm³/mol. The highest BCUT2D eigenvalue weighted by Gasteiger charge is 2.39. The summed E-state index contributed by atoms with van der Waals surface area (Å²) in [5.74, 6) is 1.60. The van der Waals surface area contributed by atoms with Crippen LogP contribution in [-0.2, 0) is 0 Å². The van der Waals surface area contributed by atoms with Gasteiger partial charge in [0.15, 0.2) is 5.17 Å². The van der Waals surface area contributed by atoms with Gasteiger partial charge in [-0.15, -0.1) is 0 Å². The second-order valence-electron chi connectivity index (χ2n) is 5.88. The molecule has 1 aliphatic heterocycles. The van der Waals surface area contributed by atoms with Crippen molar-refractivity contribution in [3.05, 3.63) is 28.5 Å². The van der Waals surface area contributed by atoms with Crippen LogP contribution in [0.1, 0.15) is 32.6 Å². The van der Waals surface area contributed by atoms with E-state index in [-0.39, 0.29) is 11.4 Å². The zero-order valence-corrected chi connectivity index (χ0v) is 13.9. The molecule has 2 atom stereocenters. The molecule has 108 valence electrons. The summed E-state index contributed by atoms with van der Waals surface area (Å²) < 4.78 is 13.8. The lowest BCUT2D eigenvalue weighted by atomic mass is 9.78. The molecule has 0 radical (unpaired) electrons. The highest BCUT2D eigenvalue weighted by molar-refractivity contribution is 9.10. The topological polar surface area (TPSA) is 24.4 Å². The van der Waals surface area contributed by atoms with Crippen LogP contribution >= 0.6 is 27.7 Å². The molecule has 1 aromatic carbocycles. The van der Waals surface area contributed by atoms with E-state index in [4.69, 9.17) is 4.99 Å². The second kappa shape index (κ2) is 5.68. The number of halogens is 2. The van der Waals surface area contributed by atoms with Crippen molar-refractivity contribution in [2.45, 2.75) is 38.1 Å². The second-order valence-corrected chi connectivity index (χ2v) is 7.70. The standard InChI is InChI=1S/C15H18BrFN2S/c1-10-3-2-6-15(8-10)9-20-14(19-15)18-13-5-4-11(17)7-12(13)16/h4-5,7,10H,2-3,6,8-9H2,1H3,(H,18,19). The van der Waals surface area contributed by atoms with Gasteiger partial charge < -0.3 is 5.32 Å². The van der Waals surface area contributed by atoms with Crippen LogP contribution in [0.4, 0.5) is 10.1 Å². The molecule has 1 heterocycles. The molecule has 1 spiro atoms. The van der Waals surface area contributed by atoms with Crippen molar-refractivity contribution in [3.63, 3.8) is 0 Å². The SMILES string of the molecule is CC1CCCC2(CSC(Nc3ccc(F)cc3Br)=N2)C1. The minimum Gasteiger partial charge on any atom is -0.334 e. The van der Waals surface area contributed by atoms with E-state index >= 15 is 0 Å². The molecule has 2 aliphatic rings. The Morgan fingerprint density at radius 2 is 2.35 bits per heavy atom. The molecule has 0 saturated heterocycles. The third-order valence-corrected chi connectivity index (χ3v) is 5.86. The van der Waals surface area contributed by atoms with Crippen molar-refractivity contribution in [2.75, 3.05) is 11.1 Å². The van der Waals surface area contributed by atoms with Crippen molar-refractivity contribution in [3.8, 4) is 0 Å². The molecule has 0 amide bonds. The summed E-state index contributed by atoms with van der Waals surface area (Å²) in [6.07, 6.45) is 4.99.